The number of benzene rings is 1. The molecule has 0 bridgehead atoms. The Balaban J connectivity index is 0.000000283. The van der Waals surface area contributed by atoms with Crippen LogP contribution in [0.15, 0.2) is 88.7 Å². The van der Waals surface area contributed by atoms with Crippen molar-refractivity contribution in [1.29, 1.82) is 0 Å². The van der Waals surface area contributed by atoms with E-state index in [-0.39, 0.29) is 17.1 Å². The quantitative estimate of drug-likeness (QED) is 0.508. The largest absolute Gasteiger partial charge is 0.748 e. The molecule has 0 heterocycles. The number of aryl methyl sites for hydroxylation is 1. The third kappa shape index (κ3) is 4.93. The smallest absolute Gasteiger partial charge is 0.0313 e. The topological polar surface area (TPSA) is 17.1 Å². The molecule has 0 amide bonds. The average molecular weight is 324 g/mol. The van der Waals surface area contributed by atoms with E-state index in [0.29, 0.717) is 0 Å². The molecule has 0 aliphatic rings. The normalized spacial score (nSPS) is 10.8. The Kier molecular flexibility index (Phi) is 7.24. The van der Waals surface area contributed by atoms with Crippen molar-refractivity contribution < 1.29 is 21.3 Å². The van der Waals surface area contributed by atoms with Gasteiger partial charge in [0.25, 0.3) is 0 Å². The molecule has 0 saturated heterocycles. The predicted molar refractivity (Wildman–Crippen MR) is 79.9 cm³/mol. The molecule has 3 aromatic carbocycles. The average Bonchev–Trinajstić information content (AvgIpc) is 3.15. The second kappa shape index (κ2) is 8.70. The molecule has 0 saturated carbocycles. The van der Waals surface area contributed by atoms with Crippen LogP contribution >= 0.6 is 0 Å². The summed E-state index contributed by atoms with van der Waals surface area (Å²) in [6, 6.07) is 25.4. The van der Waals surface area contributed by atoms with E-state index >= 15 is 0 Å². The third-order valence-corrected chi connectivity index (χ3v) is 4.04. The van der Waals surface area contributed by atoms with Gasteiger partial charge < -0.3 is 30.3 Å². The molecule has 0 fully saturated rings. The van der Waals surface area contributed by atoms with Crippen molar-refractivity contribution >= 4 is 10.8 Å². The summed E-state index contributed by atoms with van der Waals surface area (Å²) in [5, 5.41) is 0. The molecular formula is C17H16FeOS-6. The second-order valence-electron chi connectivity index (χ2n) is 4.16. The van der Waals surface area contributed by atoms with Gasteiger partial charge in [-0.25, -0.2) is 12.1 Å². The summed E-state index contributed by atoms with van der Waals surface area (Å²) in [6.45, 7) is 2.02. The van der Waals surface area contributed by atoms with Gasteiger partial charge in [-0.15, -0.1) is 0 Å². The zero-order chi connectivity index (χ0) is 13.5. The Hall–Kier alpha value is -1.41. The zero-order valence-corrected chi connectivity index (χ0v) is 13.1. The molecule has 110 valence electrons. The van der Waals surface area contributed by atoms with E-state index in [4.69, 9.17) is 0 Å². The van der Waals surface area contributed by atoms with Gasteiger partial charge in [0.2, 0.25) is 0 Å². The minimum Gasteiger partial charge on any atom is -0.748 e. The van der Waals surface area contributed by atoms with E-state index in [1.54, 1.807) is 0 Å². The molecule has 3 aromatic rings. The second-order valence-corrected chi connectivity index (χ2v) is 5.64. The van der Waals surface area contributed by atoms with Crippen molar-refractivity contribution in [2.24, 2.45) is 0 Å². The summed E-state index contributed by atoms with van der Waals surface area (Å²) in [5.74, 6) is 0. The monoisotopic (exact) mass is 324 g/mol. The first-order valence-electron chi connectivity index (χ1n) is 6.14. The molecule has 20 heavy (non-hydrogen) atoms. The molecule has 3 heteroatoms. The first-order chi connectivity index (χ1) is 9.27. The predicted octanol–water partition coefficient (Wildman–Crippen LogP) is 4.28. The van der Waals surface area contributed by atoms with Gasteiger partial charge >= 0.3 is 0 Å². The summed E-state index contributed by atoms with van der Waals surface area (Å²) in [5.41, 5.74) is 1.19. The fraction of sp³-hybridized carbons (Fsp3) is 0.0588. The van der Waals surface area contributed by atoms with Crippen LogP contribution in [0.3, 0.4) is 0 Å². The van der Waals surface area contributed by atoms with Crippen molar-refractivity contribution in [3.63, 3.8) is 0 Å². The van der Waals surface area contributed by atoms with Crippen molar-refractivity contribution in [1.82, 2.24) is 0 Å². The minimum atomic E-state index is -1.02. The van der Waals surface area contributed by atoms with Crippen LogP contribution in [-0.2, 0) is 27.9 Å². The van der Waals surface area contributed by atoms with Crippen LogP contribution in [-0.4, -0.2) is 4.21 Å². The molecule has 0 aliphatic carbocycles. The summed E-state index contributed by atoms with van der Waals surface area (Å²) in [7, 11) is -1.02. The van der Waals surface area contributed by atoms with Gasteiger partial charge in [-0.05, 0) is 19.1 Å². The Morgan fingerprint density at radius 1 is 0.900 bits per heavy atom. The van der Waals surface area contributed by atoms with Gasteiger partial charge in [-0.1, -0.05) is 22.6 Å². The van der Waals surface area contributed by atoms with Crippen LogP contribution < -0.4 is 0 Å². The van der Waals surface area contributed by atoms with Crippen molar-refractivity contribution in [3.05, 3.63) is 84.4 Å². The van der Waals surface area contributed by atoms with E-state index in [1.165, 1.54) is 5.56 Å². The molecule has 1 nitrogen and oxygen atoms in total. The summed E-state index contributed by atoms with van der Waals surface area (Å²) in [6.07, 6.45) is 0. The maximum absolute atomic E-state index is 11.9. The van der Waals surface area contributed by atoms with Crippen LogP contribution in [0.2, 0.25) is 0 Å². The van der Waals surface area contributed by atoms with Crippen molar-refractivity contribution in [2.75, 3.05) is 0 Å². The van der Waals surface area contributed by atoms with Crippen LogP contribution in [0.4, 0.5) is 0 Å². The first kappa shape index (κ1) is 16.6. The Morgan fingerprint density at radius 2 is 1.35 bits per heavy atom. The van der Waals surface area contributed by atoms with E-state index < -0.39 is 10.8 Å². The fourth-order valence-corrected chi connectivity index (χ4v) is 2.66. The molecule has 0 radical (unpaired) electrons. The third-order valence-electron chi connectivity index (χ3n) is 2.64. The van der Waals surface area contributed by atoms with Gasteiger partial charge in [-0.2, -0.15) is 12.1 Å². The van der Waals surface area contributed by atoms with Crippen molar-refractivity contribution in [2.45, 2.75) is 16.7 Å². The maximum atomic E-state index is 11.9. The fourth-order valence-electron chi connectivity index (χ4n) is 1.60. The summed E-state index contributed by atoms with van der Waals surface area (Å²) < 4.78 is 11.9. The van der Waals surface area contributed by atoms with Crippen LogP contribution in [0, 0.1) is 6.92 Å². The van der Waals surface area contributed by atoms with E-state index in [2.05, 4.69) is 0 Å². The summed E-state index contributed by atoms with van der Waals surface area (Å²) in [4.78, 5) is 1.73. The Labute approximate surface area is 133 Å². The molecule has 3 rings (SSSR count). The summed E-state index contributed by atoms with van der Waals surface area (Å²) >= 11 is 0. The van der Waals surface area contributed by atoms with Crippen LogP contribution in [0.1, 0.15) is 5.56 Å². The molecule has 0 aliphatic heterocycles. The van der Waals surface area contributed by atoms with Gasteiger partial charge in [0.15, 0.2) is 0 Å². The van der Waals surface area contributed by atoms with Gasteiger partial charge in [-0.3, -0.25) is 4.21 Å². The molecule has 0 spiro atoms. The molecule has 0 aromatic heterocycles. The molecular weight excluding hydrogens is 308 g/mol. The minimum absolute atomic E-state index is 0. The SMILES string of the molecule is Cc1ccc(S(=O)[c-]2cccc2)cc1.[Fe].[cH-]1[cH-][cH-][cH-][cH-]1. The zero-order valence-electron chi connectivity index (χ0n) is 11.2. The van der Waals surface area contributed by atoms with E-state index in [1.807, 2.05) is 85.8 Å². The maximum Gasteiger partial charge on any atom is 0.0313 e. The van der Waals surface area contributed by atoms with Gasteiger partial charge in [0.1, 0.15) is 0 Å². The number of hydrogen-bond donors (Lipinski definition) is 0. The number of rotatable bonds is 2. The van der Waals surface area contributed by atoms with Crippen molar-refractivity contribution in [3.8, 4) is 0 Å². The number of hydrogen-bond acceptors (Lipinski definition) is 1. The van der Waals surface area contributed by atoms with Crippen LogP contribution in [0.5, 0.6) is 0 Å². The molecule has 1 unspecified atom stereocenters. The standard InChI is InChI=1S/C12H11OS.C5H5.Fe/c1-10-6-8-12(9-7-10)14(13)11-4-2-3-5-11;1-2-4-5-3-1;/h2-9H,1H3;1-5H;/q-1;-5;. The molecule has 0 N–H and O–H groups in total. The van der Waals surface area contributed by atoms with Gasteiger partial charge in [0.05, 0.1) is 0 Å². The van der Waals surface area contributed by atoms with Crippen LogP contribution in [0.25, 0.3) is 0 Å². The van der Waals surface area contributed by atoms with E-state index in [0.717, 1.165) is 9.79 Å². The first-order valence-corrected chi connectivity index (χ1v) is 7.29. The van der Waals surface area contributed by atoms with Gasteiger partial charge in [0, 0.05) is 32.8 Å². The molecule has 1 atom stereocenters. The Morgan fingerprint density at radius 3 is 1.80 bits per heavy atom. The van der Waals surface area contributed by atoms with E-state index in [9.17, 15) is 4.21 Å². The Bertz CT molecular complexity index is 578.